The van der Waals surface area contributed by atoms with Gasteiger partial charge >= 0.3 is 0 Å². The Kier molecular flexibility index (Phi) is 3.83. The molecule has 0 fully saturated rings. The summed E-state index contributed by atoms with van der Waals surface area (Å²) < 4.78 is 6.54. The molecule has 1 aromatic heterocycles. The van der Waals surface area contributed by atoms with Gasteiger partial charge in [-0.25, -0.2) is 4.98 Å². The number of benzene rings is 1. The zero-order valence-electron chi connectivity index (χ0n) is 10.1. The van der Waals surface area contributed by atoms with Crippen LogP contribution in [-0.4, -0.2) is 16.7 Å². The van der Waals surface area contributed by atoms with E-state index < -0.39 is 0 Å². The predicted molar refractivity (Wildman–Crippen MR) is 70.3 cm³/mol. The van der Waals surface area contributed by atoms with Gasteiger partial charge in [0.1, 0.15) is 17.0 Å². The number of ether oxygens (including phenoxy) is 1. The quantitative estimate of drug-likeness (QED) is 0.802. The van der Waals surface area contributed by atoms with Gasteiger partial charge in [0, 0.05) is 6.07 Å². The smallest absolute Gasteiger partial charge is 0.255 e. The van der Waals surface area contributed by atoms with Crippen molar-refractivity contribution in [1.82, 2.24) is 9.55 Å². The largest absolute Gasteiger partial charge is 0.495 e. The highest BCUT2D eigenvalue weighted by Gasteiger charge is 2.05. The molecule has 0 spiro atoms. The molecule has 1 aromatic carbocycles. The molecule has 0 bridgehead atoms. The van der Waals surface area contributed by atoms with Crippen molar-refractivity contribution in [2.24, 2.45) is 0 Å². The van der Waals surface area contributed by atoms with Crippen LogP contribution in [0.2, 0.25) is 5.15 Å². The maximum absolute atomic E-state index is 11.7. The van der Waals surface area contributed by atoms with Gasteiger partial charge in [0.15, 0.2) is 0 Å². The Bertz CT molecular complexity index is 704. The van der Waals surface area contributed by atoms with Crippen molar-refractivity contribution < 1.29 is 4.74 Å². The number of halogens is 1. The highest BCUT2D eigenvalue weighted by Crippen LogP contribution is 2.19. The predicted octanol–water partition coefficient (Wildman–Crippen LogP) is 1.83. The van der Waals surface area contributed by atoms with E-state index in [9.17, 15) is 4.79 Å². The van der Waals surface area contributed by atoms with Crippen molar-refractivity contribution in [3.63, 3.8) is 0 Å². The minimum atomic E-state index is -0.233. The van der Waals surface area contributed by atoms with Gasteiger partial charge in [-0.3, -0.25) is 9.36 Å². The van der Waals surface area contributed by atoms with Crippen LogP contribution >= 0.6 is 11.6 Å². The Morgan fingerprint density at radius 2 is 2.26 bits per heavy atom. The van der Waals surface area contributed by atoms with Crippen molar-refractivity contribution >= 4 is 11.6 Å². The van der Waals surface area contributed by atoms with Gasteiger partial charge in [-0.15, -0.1) is 0 Å². The van der Waals surface area contributed by atoms with Gasteiger partial charge in [0.25, 0.3) is 5.56 Å². The Morgan fingerprint density at radius 3 is 2.89 bits per heavy atom. The fraction of sp³-hybridized carbons (Fsp3) is 0.154. The number of rotatable bonds is 3. The SMILES string of the molecule is COc1cc(Cn2cnc(Cl)cc2=O)ccc1C#N. The summed E-state index contributed by atoms with van der Waals surface area (Å²) in [5.41, 5.74) is 1.05. The van der Waals surface area contributed by atoms with E-state index in [0.29, 0.717) is 17.9 Å². The molecule has 0 amide bonds. The number of aromatic nitrogens is 2. The fourth-order valence-corrected chi connectivity index (χ4v) is 1.78. The first-order chi connectivity index (χ1) is 9.13. The molecule has 0 N–H and O–H groups in total. The molecule has 96 valence electrons. The summed E-state index contributed by atoms with van der Waals surface area (Å²) in [5, 5.41) is 9.06. The van der Waals surface area contributed by atoms with Crippen molar-refractivity contribution in [2.45, 2.75) is 6.54 Å². The molecule has 6 heteroatoms. The Balaban J connectivity index is 2.34. The van der Waals surface area contributed by atoms with Crippen LogP contribution in [-0.2, 0) is 6.54 Å². The lowest BCUT2D eigenvalue weighted by atomic mass is 10.1. The highest BCUT2D eigenvalue weighted by molar-refractivity contribution is 6.29. The Labute approximate surface area is 114 Å². The summed E-state index contributed by atoms with van der Waals surface area (Å²) in [4.78, 5) is 15.5. The van der Waals surface area contributed by atoms with Crippen LogP contribution in [0.15, 0.2) is 35.4 Å². The third-order valence-corrected chi connectivity index (χ3v) is 2.79. The molecule has 0 saturated carbocycles. The second-order valence-electron chi connectivity index (χ2n) is 3.82. The lowest BCUT2D eigenvalue weighted by Gasteiger charge is -2.08. The summed E-state index contributed by atoms with van der Waals surface area (Å²) in [6.45, 7) is 0.338. The molecule has 2 aromatic rings. The van der Waals surface area contributed by atoms with Crippen LogP contribution in [0.5, 0.6) is 5.75 Å². The molecule has 0 atom stereocenters. The second kappa shape index (κ2) is 5.55. The minimum Gasteiger partial charge on any atom is -0.495 e. The summed E-state index contributed by atoms with van der Waals surface area (Å²) in [6, 6.07) is 8.43. The van der Waals surface area contributed by atoms with Gasteiger partial charge in [-0.1, -0.05) is 17.7 Å². The van der Waals surface area contributed by atoms with Gasteiger partial charge in [-0.05, 0) is 17.7 Å². The summed E-state index contributed by atoms with van der Waals surface area (Å²) in [6.07, 6.45) is 1.38. The molecular weight excluding hydrogens is 266 g/mol. The molecule has 0 radical (unpaired) electrons. The molecule has 0 aliphatic carbocycles. The molecule has 0 aliphatic rings. The first-order valence-corrected chi connectivity index (χ1v) is 5.81. The monoisotopic (exact) mass is 275 g/mol. The molecule has 0 saturated heterocycles. The van der Waals surface area contributed by atoms with Crippen molar-refractivity contribution in [2.75, 3.05) is 7.11 Å². The molecule has 19 heavy (non-hydrogen) atoms. The summed E-state index contributed by atoms with van der Waals surface area (Å²) >= 11 is 5.63. The van der Waals surface area contributed by atoms with Crippen molar-refractivity contribution in [1.29, 1.82) is 5.26 Å². The normalized spacial score (nSPS) is 9.95. The zero-order chi connectivity index (χ0) is 13.8. The second-order valence-corrected chi connectivity index (χ2v) is 4.21. The fourth-order valence-electron chi connectivity index (χ4n) is 1.65. The van der Waals surface area contributed by atoms with E-state index >= 15 is 0 Å². The van der Waals surface area contributed by atoms with Crippen LogP contribution in [0.4, 0.5) is 0 Å². The van der Waals surface area contributed by atoms with E-state index in [2.05, 4.69) is 4.98 Å². The van der Waals surface area contributed by atoms with Gasteiger partial charge in [0.05, 0.1) is 25.5 Å². The van der Waals surface area contributed by atoms with E-state index in [1.54, 1.807) is 18.2 Å². The van der Waals surface area contributed by atoms with Crippen LogP contribution < -0.4 is 10.3 Å². The maximum Gasteiger partial charge on any atom is 0.255 e. The van der Waals surface area contributed by atoms with E-state index in [1.165, 1.54) is 24.1 Å². The van der Waals surface area contributed by atoms with E-state index in [4.69, 9.17) is 21.6 Å². The zero-order valence-corrected chi connectivity index (χ0v) is 10.9. The van der Waals surface area contributed by atoms with Gasteiger partial charge < -0.3 is 4.74 Å². The van der Waals surface area contributed by atoms with E-state index in [-0.39, 0.29) is 10.7 Å². The third kappa shape index (κ3) is 2.92. The molecule has 2 rings (SSSR count). The lowest BCUT2D eigenvalue weighted by molar-refractivity contribution is 0.412. The number of hydrogen-bond acceptors (Lipinski definition) is 4. The van der Waals surface area contributed by atoms with Crippen LogP contribution in [0, 0.1) is 11.3 Å². The minimum absolute atomic E-state index is 0.165. The standard InChI is InChI=1S/C13H10ClN3O2/c1-19-11-4-9(2-3-10(11)6-15)7-17-8-16-12(14)5-13(17)18/h2-5,8H,7H2,1H3. The molecule has 5 nitrogen and oxygen atoms in total. The number of nitrogens with zero attached hydrogens (tertiary/aromatic N) is 3. The number of hydrogen-bond donors (Lipinski definition) is 0. The van der Waals surface area contributed by atoms with Crippen LogP contribution in [0.3, 0.4) is 0 Å². The van der Waals surface area contributed by atoms with E-state index in [1.807, 2.05) is 6.07 Å². The third-order valence-electron chi connectivity index (χ3n) is 2.59. The Hall–Kier alpha value is -2.32. The average molecular weight is 276 g/mol. The first kappa shape index (κ1) is 13.1. The van der Waals surface area contributed by atoms with Crippen molar-refractivity contribution in [3.8, 4) is 11.8 Å². The van der Waals surface area contributed by atoms with Crippen LogP contribution in [0.25, 0.3) is 0 Å². The average Bonchev–Trinajstić information content (AvgIpc) is 2.41. The van der Waals surface area contributed by atoms with Crippen molar-refractivity contribution in [3.05, 3.63) is 57.2 Å². The summed E-state index contributed by atoms with van der Waals surface area (Å²) in [5.74, 6) is 0.481. The lowest BCUT2D eigenvalue weighted by Crippen LogP contribution is -2.19. The first-order valence-electron chi connectivity index (χ1n) is 5.43. The molecule has 0 unspecified atom stereocenters. The highest BCUT2D eigenvalue weighted by atomic mass is 35.5. The molecule has 0 aliphatic heterocycles. The van der Waals surface area contributed by atoms with E-state index in [0.717, 1.165) is 5.56 Å². The Morgan fingerprint density at radius 1 is 1.47 bits per heavy atom. The van der Waals surface area contributed by atoms with Gasteiger partial charge in [-0.2, -0.15) is 5.26 Å². The van der Waals surface area contributed by atoms with Crippen LogP contribution in [0.1, 0.15) is 11.1 Å². The molecule has 1 heterocycles. The summed E-state index contributed by atoms with van der Waals surface area (Å²) in [7, 11) is 1.50. The van der Waals surface area contributed by atoms with Gasteiger partial charge in [0.2, 0.25) is 0 Å². The number of nitriles is 1. The topological polar surface area (TPSA) is 67.9 Å². The molecular formula is C13H10ClN3O2. The number of methoxy groups -OCH3 is 1. The maximum atomic E-state index is 11.7.